The summed E-state index contributed by atoms with van der Waals surface area (Å²) in [7, 11) is 1.63. The minimum Gasteiger partial charge on any atom is -0.497 e. The van der Waals surface area contributed by atoms with Gasteiger partial charge in [0.15, 0.2) is 0 Å². The van der Waals surface area contributed by atoms with E-state index in [0.717, 1.165) is 32.4 Å². The largest absolute Gasteiger partial charge is 0.497 e. The smallest absolute Gasteiger partial charge is 0.271 e. The topological polar surface area (TPSA) is 44.1 Å². The van der Waals surface area contributed by atoms with E-state index in [1.165, 1.54) is 11.3 Å². The summed E-state index contributed by atoms with van der Waals surface area (Å²) in [5.74, 6) is 0.776. The van der Waals surface area contributed by atoms with Crippen LogP contribution in [0.25, 0.3) is 21.3 Å². The molecule has 4 rings (SSSR count). The summed E-state index contributed by atoms with van der Waals surface area (Å²) >= 11 is 4.89. The van der Waals surface area contributed by atoms with Crippen molar-refractivity contribution in [3.63, 3.8) is 0 Å². The van der Waals surface area contributed by atoms with Gasteiger partial charge in [-0.2, -0.15) is 0 Å². The monoisotopic (exact) mass is 426 g/mol. The molecule has 0 unspecified atom stereocenters. The Morgan fingerprint density at radius 3 is 2.77 bits per heavy atom. The molecule has 0 radical (unpaired) electrons. The van der Waals surface area contributed by atoms with E-state index in [4.69, 9.17) is 4.74 Å². The standard InChI is InChI=1S/C20H15BrN2O2S/c1-25-16-4-2-3-13(9-16)10-23-12-22-18-17(11-26-19(18)20(23)24)14-5-7-15(21)8-6-14/h2-9,11-12H,10H2,1H3. The van der Waals surface area contributed by atoms with Crippen LogP contribution >= 0.6 is 27.3 Å². The zero-order valence-electron chi connectivity index (χ0n) is 14.0. The molecular formula is C20H15BrN2O2S. The number of halogens is 1. The van der Waals surface area contributed by atoms with Crippen LogP contribution in [0.1, 0.15) is 5.56 Å². The predicted molar refractivity (Wildman–Crippen MR) is 109 cm³/mol. The highest BCUT2D eigenvalue weighted by molar-refractivity contribution is 9.10. The van der Waals surface area contributed by atoms with Gasteiger partial charge in [-0.25, -0.2) is 4.98 Å². The highest BCUT2D eigenvalue weighted by atomic mass is 79.9. The molecule has 2 aromatic heterocycles. The number of hydrogen-bond donors (Lipinski definition) is 0. The molecule has 2 aromatic carbocycles. The van der Waals surface area contributed by atoms with Crippen molar-refractivity contribution in [2.45, 2.75) is 6.54 Å². The first kappa shape index (κ1) is 17.0. The highest BCUT2D eigenvalue weighted by Crippen LogP contribution is 2.31. The number of fused-ring (bicyclic) bond motifs is 1. The predicted octanol–water partition coefficient (Wildman–Crippen LogP) is 4.94. The first-order valence-electron chi connectivity index (χ1n) is 8.01. The summed E-state index contributed by atoms with van der Waals surface area (Å²) in [4.78, 5) is 17.5. The van der Waals surface area contributed by atoms with Crippen LogP contribution in [0.5, 0.6) is 5.75 Å². The van der Waals surface area contributed by atoms with Crippen LogP contribution in [-0.2, 0) is 6.54 Å². The highest BCUT2D eigenvalue weighted by Gasteiger charge is 2.13. The zero-order valence-corrected chi connectivity index (χ0v) is 16.4. The molecule has 0 aliphatic carbocycles. The lowest BCUT2D eigenvalue weighted by molar-refractivity contribution is 0.414. The van der Waals surface area contributed by atoms with Crippen molar-refractivity contribution in [2.24, 2.45) is 0 Å². The fourth-order valence-corrected chi connectivity index (χ4v) is 4.10. The molecule has 0 fully saturated rings. The van der Waals surface area contributed by atoms with Gasteiger partial charge in [-0.3, -0.25) is 9.36 Å². The van der Waals surface area contributed by atoms with Gasteiger partial charge < -0.3 is 4.74 Å². The Balaban J connectivity index is 1.74. The van der Waals surface area contributed by atoms with Crippen LogP contribution < -0.4 is 10.3 Å². The van der Waals surface area contributed by atoms with Gasteiger partial charge >= 0.3 is 0 Å². The molecule has 0 spiro atoms. The van der Waals surface area contributed by atoms with E-state index in [0.29, 0.717) is 11.2 Å². The summed E-state index contributed by atoms with van der Waals surface area (Å²) in [6.07, 6.45) is 1.62. The van der Waals surface area contributed by atoms with Gasteiger partial charge in [-0.15, -0.1) is 11.3 Å². The minimum absolute atomic E-state index is 0.0221. The first-order valence-corrected chi connectivity index (χ1v) is 9.68. The number of methoxy groups -OCH3 is 1. The minimum atomic E-state index is -0.0221. The Bertz CT molecular complexity index is 1130. The summed E-state index contributed by atoms with van der Waals surface area (Å²) < 4.78 is 8.58. The van der Waals surface area contributed by atoms with Crippen LogP contribution in [-0.4, -0.2) is 16.7 Å². The fraction of sp³-hybridized carbons (Fsp3) is 0.100. The molecule has 4 nitrogen and oxygen atoms in total. The van der Waals surface area contributed by atoms with Crippen LogP contribution in [0.3, 0.4) is 0 Å². The quantitative estimate of drug-likeness (QED) is 0.463. The molecule has 0 amide bonds. The third-order valence-electron chi connectivity index (χ3n) is 4.19. The second-order valence-corrected chi connectivity index (χ2v) is 7.66. The molecule has 0 bridgehead atoms. The van der Waals surface area contributed by atoms with Crippen molar-refractivity contribution >= 4 is 37.5 Å². The van der Waals surface area contributed by atoms with E-state index in [1.807, 2.05) is 53.9 Å². The van der Waals surface area contributed by atoms with Crippen molar-refractivity contribution in [1.29, 1.82) is 0 Å². The Hall–Kier alpha value is -2.44. The number of ether oxygens (including phenoxy) is 1. The van der Waals surface area contributed by atoms with E-state index in [-0.39, 0.29) is 5.56 Å². The van der Waals surface area contributed by atoms with Crippen LogP contribution in [0.2, 0.25) is 0 Å². The third-order valence-corrected chi connectivity index (χ3v) is 5.67. The average molecular weight is 427 g/mol. The zero-order chi connectivity index (χ0) is 18.1. The van der Waals surface area contributed by atoms with Gasteiger partial charge in [-0.1, -0.05) is 40.2 Å². The number of hydrogen-bond acceptors (Lipinski definition) is 4. The first-order chi connectivity index (χ1) is 12.7. The molecule has 6 heteroatoms. The Kier molecular flexibility index (Phi) is 4.61. The second kappa shape index (κ2) is 7.05. The van der Waals surface area contributed by atoms with Gasteiger partial charge in [0.05, 0.1) is 25.5 Å². The van der Waals surface area contributed by atoms with Gasteiger partial charge in [0.25, 0.3) is 5.56 Å². The molecule has 0 N–H and O–H groups in total. The third kappa shape index (κ3) is 3.18. The lowest BCUT2D eigenvalue weighted by Gasteiger charge is -2.07. The normalized spacial score (nSPS) is 11.0. The molecule has 4 aromatic rings. The fourth-order valence-electron chi connectivity index (χ4n) is 2.86. The second-order valence-electron chi connectivity index (χ2n) is 5.86. The number of rotatable bonds is 4. The van der Waals surface area contributed by atoms with E-state index >= 15 is 0 Å². The Morgan fingerprint density at radius 1 is 1.19 bits per heavy atom. The summed E-state index contributed by atoms with van der Waals surface area (Å²) in [6.45, 7) is 0.463. The van der Waals surface area contributed by atoms with Crippen molar-refractivity contribution in [3.05, 3.63) is 80.6 Å². The maximum atomic E-state index is 12.9. The Labute approximate surface area is 162 Å². The SMILES string of the molecule is COc1cccc(Cn2cnc3c(-c4ccc(Br)cc4)csc3c2=O)c1. The lowest BCUT2D eigenvalue weighted by Crippen LogP contribution is -2.20. The summed E-state index contributed by atoms with van der Waals surface area (Å²) in [5, 5.41) is 2.00. The maximum absolute atomic E-state index is 12.9. The number of benzene rings is 2. The van der Waals surface area contributed by atoms with Crippen molar-refractivity contribution in [3.8, 4) is 16.9 Å². The van der Waals surface area contributed by atoms with Gasteiger partial charge in [0, 0.05) is 15.4 Å². The lowest BCUT2D eigenvalue weighted by atomic mass is 10.1. The van der Waals surface area contributed by atoms with E-state index in [2.05, 4.69) is 20.9 Å². The summed E-state index contributed by atoms with van der Waals surface area (Å²) in [6, 6.07) is 15.7. The summed E-state index contributed by atoms with van der Waals surface area (Å²) in [5.41, 5.74) is 3.77. The molecule has 0 aliphatic heterocycles. The van der Waals surface area contributed by atoms with Crippen molar-refractivity contribution in [1.82, 2.24) is 9.55 Å². The van der Waals surface area contributed by atoms with Crippen LogP contribution in [0, 0.1) is 0 Å². The molecule has 130 valence electrons. The molecule has 0 saturated heterocycles. The maximum Gasteiger partial charge on any atom is 0.271 e. The van der Waals surface area contributed by atoms with Crippen LogP contribution in [0.4, 0.5) is 0 Å². The van der Waals surface area contributed by atoms with E-state index < -0.39 is 0 Å². The molecule has 26 heavy (non-hydrogen) atoms. The van der Waals surface area contributed by atoms with Gasteiger partial charge in [0.1, 0.15) is 10.4 Å². The average Bonchev–Trinajstić information content (AvgIpc) is 3.10. The van der Waals surface area contributed by atoms with Crippen molar-refractivity contribution < 1.29 is 4.74 Å². The van der Waals surface area contributed by atoms with Crippen molar-refractivity contribution in [2.75, 3.05) is 7.11 Å². The number of thiophene rings is 1. The van der Waals surface area contributed by atoms with E-state index in [9.17, 15) is 4.79 Å². The number of aromatic nitrogens is 2. The molecule has 2 heterocycles. The molecule has 0 atom stereocenters. The van der Waals surface area contributed by atoms with E-state index in [1.54, 1.807) is 18.0 Å². The Morgan fingerprint density at radius 2 is 2.00 bits per heavy atom. The van der Waals surface area contributed by atoms with Gasteiger partial charge in [-0.05, 0) is 35.4 Å². The molecular weight excluding hydrogens is 412 g/mol. The molecule has 0 saturated carbocycles. The van der Waals surface area contributed by atoms with Gasteiger partial charge in [0.2, 0.25) is 0 Å². The molecule has 0 aliphatic rings. The number of nitrogens with zero attached hydrogens (tertiary/aromatic N) is 2. The van der Waals surface area contributed by atoms with Crippen LogP contribution in [0.15, 0.2) is 69.5 Å².